The molecule has 0 amide bonds. The van der Waals surface area contributed by atoms with Gasteiger partial charge >= 0.3 is 83.2 Å². The van der Waals surface area contributed by atoms with Crippen LogP contribution in [0.1, 0.15) is 0 Å². The van der Waals surface area contributed by atoms with Crippen LogP contribution in [0.15, 0.2) is 45.6 Å². The maximum atomic E-state index is 13.6. The third-order valence-electron chi connectivity index (χ3n) is 8.46. The highest BCUT2D eigenvalue weighted by atomic mass is 32.3. The number of hydrogen-bond donors (Lipinski definition) is 8. The number of fused-ring (bicyclic) bond motifs is 2. The molecule has 0 saturated carbocycles. The Kier molecular flexibility index (Phi) is 17.2. The largest absolute Gasteiger partial charge is 0.462 e. The molecular formula is C25H28O38S8. The summed E-state index contributed by atoms with van der Waals surface area (Å²) in [6, 6.07) is 4.96. The summed E-state index contributed by atoms with van der Waals surface area (Å²) in [7, 11) is -46.4. The first-order valence-electron chi connectivity index (χ1n) is 17.3. The summed E-state index contributed by atoms with van der Waals surface area (Å²) in [6.45, 7) is -3.29. The minimum absolute atomic E-state index is 0.378. The molecule has 1 aromatic heterocycles. The molecule has 46 heteroatoms. The van der Waals surface area contributed by atoms with Crippen molar-refractivity contribution in [3.63, 3.8) is 0 Å². The fourth-order valence-electron chi connectivity index (χ4n) is 6.25. The highest BCUT2D eigenvalue weighted by Crippen LogP contribution is 2.36. The van der Waals surface area contributed by atoms with Crippen LogP contribution in [0, 0.1) is 0 Å². The summed E-state index contributed by atoms with van der Waals surface area (Å²) in [6.07, 6.45) is -27.9. The van der Waals surface area contributed by atoms with Gasteiger partial charge in [-0.05, 0) is 24.3 Å². The zero-order valence-electron chi connectivity index (χ0n) is 33.2. The molecule has 0 aliphatic carbocycles. The Balaban J connectivity index is 1.60. The predicted molar refractivity (Wildman–Crippen MR) is 212 cm³/mol. The molecule has 0 radical (unpaired) electrons. The Morgan fingerprint density at radius 2 is 0.676 bits per heavy atom. The highest BCUT2D eigenvalue weighted by Gasteiger charge is 2.56. The molecule has 0 unspecified atom stereocenters. The smallest absolute Gasteiger partial charge is 0.397 e. The van der Waals surface area contributed by atoms with Crippen LogP contribution in [0.4, 0.5) is 0 Å². The summed E-state index contributed by atoms with van der Waals surface area (Å²) in [4.78, 5) is 13.6. The summed E-state index contributed by atoms with van der Waals surface area (Å²) < 4.78 is 323. The zero-order valence-corrected chi connectivity index (χ0v) is 39.8. The van der Waals surface area contributed by atoms with Gasteiger partial charge in [0.2, 0.25) is 18.0 Å². The second-order valence-electron chi connectivity index (χ2n) is 13.4. The van der Waals surface area contributed by atoms with Crippen molar-refractivity contribution in [2.45, 2.75) is 61.4 Å². The van der Waals surface area contributed by atoms with Crippen molar-refractivity contribution < 1.29 is 161 Å². The Hall–Kier alpha value is -3.61. The van der Waals surface area contributed by atoms with Crippen LogP contribution in [0.3, 0.4) is 0 Å². The van der Waals surface area contributed by atoms with E-state index in [0.29, 0.717) is 0 Å². The second-order valence-corrected chi connectivity index (χ2v) is 21.9. The van der Waals surface area contributed by atoms with Crippen LogP contribution in [-0.2, 0) is 126 Å². The van der Waals surface area contributed by atoms with Crippen molar-refractivity contribution in [1.29, 1.82) is 0 Å². The van der Waals surface area contributed by atoms with E-state index in [4.69, 9.17) is 32.5 Å². The average Bonchev–Trinajstić information content (AvgIpc) is 3.14. The van der Waals surface area contributed by atoms with Gasteiger partial charge in [-0.3, -0.25) is 41.2 Å². The summed E-state index contributed by atoms with van der Waals surface area (Å²) in [5.74, 6) is -1.41. The fourth-order valence-corrected chi connectivity index (χ4v) is 9.85. The van der Waals surface area contributed by atoms with Crippen LogP contribution in [-0.4, -0.2) is 178 Å². The topological polar surface area (TPSA) is 576 Å². The molecule has 2 aliphatic heterocycles. The molecule has 3 aromatic rings. The van der Waals surface area contributed by atoms with E-state index in [-0.39, 0.29) is 10.8 Å². The lowest BCUT2D eigenvalue weighted by Crippen LogP contribution is -2.63. The molecule has 2 aliphatic rings. The molecule has 71 heavy (non-hydrogen) atoms. The van der Waals surface area contributed by atoms with Gasteiger partial charge in [-0.2, -0.15) is 67.3 Å². The third kappa shape index (κ3) is 17.8. The van der Waals surface area contributed by atoms with Crippen molar-refractivity contribution in [3.8, 4) is 11.5 Å². The van der Waals surface area contributed by atoms with E-state index >= 15 is 0 Å². The van der Waals surface area contributed by atoms with Gasteiger partial charge < -0.3 is 23.4 Å². The fraction of sp³-hybridized carbons (Fsp3) is 0.480. The van der Waals surface area contributed by atoms with Crippen LogP contribution in [0.2, 0.25) is 0 Å². The van der Waals surface area contributed by atoms with Gasteiger partial charge in [0.1, 0.15) is 59.3 Å². The van der Waals surface area contributed by atoms with E-state index in [9.17, 15) is 99.5 Å². The van der Waals surface area contributed by atoms with E-state index < -0.39 is 186 Å². The second kappa shape index (κ2) is 21.0. The van der Waals surface area contributed by atoms with Crippen molar-refractivity contribution in [3.05, 3.63) is 46.6 Å². The maximum absolute atomic E-state index is 13.6. The van der Waals surface area contributed by atoms with Crippen LogP contribution < -0.4 is 14.9 Å². The normalized spacial score (nSPS) is 26.6. The lowest BCUT2D eigenvalue weighted by atomic mass is 9.99. The molecule has 0 spiro atoms. The lowest BCUT2D eigenvalue weighted by molar-refractivity contribution is -0.260. The van der Waals surface area contributed by atoms with E-state index in [0.717, 1.165) is 36.4 Å². The minimum atomic E-state index is -5.93. The molecule has 8 N–H and O–H groups in total. The van der Waals surface area contributed by atoms with Gasteiger partial charge in [-0.15, -0.1) is 0 Å². The van der Waals surface area contributed by atoms with E-state index in [1.54, 1.807) is 0 Å². The maximum Gasteiger partial charge on any atom is 0.397 e. The molecule has 38 nitrogen and oxygen atoms in total. The van der Waals surface area contributed by atoms with Gasteiger partial charge in [-0.25, -0.2) is 33.5 Å². The van der Waals surface area contributed by atoms with Gasteiger partial charge in [0.15, 0.2) is 12.2 Å². The lowest BCUT2D eigenvalue weighted by Gasteiger charge is -2.42. The molecule has 2 fully saturated rings. The van der Waals surface area contributed by atoms with Gasteiger partial charge in [0, 0.05) is 12.1 Å². The third-order valence-corrected chi connectivity index (χ3v) is 12.1. The number of ether oxygens (including phenoxy) is 4. The molecule has 0 bridgehead atoms. The Bertz CT molecular complexity index is 3260. The van der Waals surface area contributed by atoms with Crippen LogP contribution >= 0.6 is 0 Å². The predicted octanol–water partition coefficient (Wildman–Crippen LogP) is -4.08. The van der Waals surface area contributed by atoms with Crippen LogP contribution in [0.5, 0.6) is 11.5 Å². The first kappa shape index (κ1) is 58.3. The highest BCUT2D eigenvalue weighted by molar-refractivity contribution is 7.82. The monoisotopic (exact) mass is 1190 g/mol. The Morgan fingerprint density at radius 3 is 0.958 bits per heavy atom. The van der Waals surface area contributed by atoms with Crippen molar-refractivity contribution in [2.75, 3.05) is 13.2 Å². The summed E-state index contributed by atoms with van der Waals surface area (Å²) >= 11 is 0. The van der Waals surface area contributed by atoms with Gasteiger partial charge in [-0.1, -0.05) is 0 Å². The molecular weight excluding hydrogens is 1160 g/mol. The Morgan fingerprint density at radius 1 is 0.394 bits per heavy atom. The van der Waals surface area contributed by atoms with Crippen molar-refractivity contribution in [1.82, 2.24) is 0 Å². The minimum Gasteiger partial charge on any atom is -0.462 e. The number of benzene rings is 2. The molecule has 2 saturated heterocycles. The van der Waals surface area contributed by atoms with Crippen LogP contribution in [0.25, 0.3) is 21.9 Å². The van der Waals surface area contributed by atoms with Crippen molar-refractivity contribution in [2.24, 2.45) is 0 Å². The molecule has 404 valence electrons. The number of rotatable bonds is 22. The summed E-state index contributed by atoms with van der Waals surface area (Å²) in [5, 5.41) is -0.757. The standard InChI is InChI=1S/C25H28O38S8/c26-17-11-3-1-9(53-24-22(62-70(45,46)47)20(60-68(39,40)41)18(58-66(33,34)35)15(56-24)7-51-64(27,28)29)5-13(11)55-14-6-10(2-4-12(14)17)54-25-23(63-71(48,49)50)21(61-69(42,43)44)19(59-67(36,37)38)16(57-25)8-52-65(30,31)32/h1-6,15-16,18-25H,7-8H2,(H,27,28,29)(H,30,31,32)(H,33,34,35)(H,36,37,38)(H,39,40,41)(H,42,43,44)(H,45,46,47)(H,48,49,50)/t15-,16+,18-,19+,20+,21-,22-,23+,24-,25+. The Labute approximate surface area is 396 Å². The van der Waals surface area contributed by atoms with E-state index in [1.807, 2.05) is 0 Å². The van der Waals surface area contributed by atoms with E-state index in [1.165, 1.54) is 0 Å². The quantitative estimate of drug-likeness (QED) is 0.0350. The SMILES string of the molecule is O=c1c2ccc(O[C@H]3O[C@@H](COS(=O)(=O)O)[C@H](OS(=O)(=O)O)[C@@H](OS(=O)(=O)O)[C@@H]3OS(=O)(=O)O)cc2oc2cc(O[C@@H]3O[C@H](COS(=O)(=O)O)[C@@H](OS(=O)(=O)O)[C@H](OS(=O)(=O)O)[C@H]3OS(=O)(=O)O)ccc12. The van der Waals surface area contributed by atoms with Crippen molar-refractivity contribution >= 4 is 105 Å². The average molecular weight is 1190 g/mol. The molecule has 10 atom stereocenters. The van der Waals surface area contributed by atoms with E-state index in [2.05, 4.69) is 33.5 Å². The molecule has 5 rings (SSSR count). The molecule has 3 heterocycles. The number of hydrogen-bond acceptors (Lipinski definition) is 30. The molecule has 2 aromatic carbocycles. The van der Waals surface area contributed by atoms with Gasteiger partial charge in [0.25, 0.3) is 0 Å². The first-order valence-corrected chi connectivity index (χ1v) is 28.3. The first-order chi connectivity index (χ1) is 32.0. The zero-order chi connectivity index (χ0) is 53.7. The van der Waals surface area contributed by atoms with Gasteiger partial charge in [0.05, 0.1) is 24.0 Å². The summed E-state index contributed by atoms with van der Waals surface area (Å²) in [5.41, 5.74) is -2.15.